The largest absolute Gasteiger partial charge is 0.466 e. The standard InChI is InChI=1S/C61H115NO5/c1-3-5-7-9-11-13-15-17-27-31-35-39-43-47-51-55-61(66)67-56-52-48-44-40-36-32-29-26-24-22-20-18-19-21-23-25-28-30-34-38-42-46-50-54-60(65)62-58(57-63)59(64)53-49-45-41-37-33-16-14-12-10-8-6-4-2/h17,21,23,27,49,53,58-59,63-64H,3-16,18-20,22,24-26,28-48,50-52,54-57H2,1-2H3,(H,62,65)/b23-21-,27-17-,53-49+. The second-order valence-electron chi connectivity index (χ2n) is 20.3. The maximum absolute atomic E-state index is 12.4. The zero-order chi connectivity index (χ0) is 48.6. The van der Waals surface area contributed by atoms with Gasteiger partial charge in [0.1, 0.15) is 0 Å². The molecule has 0 bridgehead atoms. The van der Waals surface area contributed by atoms with Crippen molar-refractivity contribution < 1.29 is 24.5 Å². The Labute approximate surface area is 417 Å². The number of esters is 1. The van der Waals surface area contributed by atoms with Gasteiger partial charge < -0.3 is 20.3 Å². The third-order valence-electron chi connectivity index (χ3n) is 13.6. The fourth-order valence-electron chi connectivity index (χ4n) is 9.03. The molecule has 0 aromatic carbocycles. The summed E-state index contributed by atoms with van der Waals surface area (Å²) in [5, 5.41) is 23.0. The highest BCUT2D eigenvalue weighted by Crippen LogP contribution is 2.16. The van der Waals surface area contributed by atoms with Crippen LogP contribution >= 0.6 is 0 Å². The molecular weight excluding hydrogens is 827 g/mol. The summed E-state index contributed by atoms with van der Waals surface area (Å²) >= 11 is 0. The van der Waals surface area contributed by atoms with Gasteiger partial charge in [0.25, 0.3) is 0 Å². The molecule has 0 spiro atoms. The Bertz CT molecular complexity index is 1090. The minimum absolute atomic E-state index is 0.00278. The van der Waals surface area contributed by atoms with Gasteiger partial charge in [-0.15, -0.1) is 0 Å². The second-order valence-corrected chi connectivity index (χ2v) is 20.3. The number of carbonyl (C=O) groups excluding carboxylic acids is 2. The number of hydrogen-bond acceptors (Lipinski definition) is 5. The molecule has 0 fully saturated rings. The van der Waals surface area contributed by atoms with E-state index in [-0.39, 0.29) is 18.5 Å². The highest BCUT2D eigenvalue weighted by Gasteiger charge is 2.18. The first kappa shape index (κ1) is 65.1. The molecular formula is C61H115NO5. The minimum atomic E-state index is -0.847. The second kappa shape index (κ2) is 56.7. The van der Waals surface area contributed by atoms with E-state index in [1.807, 2.05) is 6.08 Å². The highest BCUT2D eigenvalue weighted by atomic mass is 16.5. The summed E-state index contributed by atoms with van der Waals surface area (Å²) in [4.78, 5) is 24.5. The molecule has 2 unspecified atom stereocenters. The number of rotatable bonds is 55. The Morgan fingerprint density at radius 3 is 1.06 bits per heavy atom. The Kier molecular flexibility index (Phi) is 55.0. The smallest absolute Gasteiger partial charge is 0.305 e. The van der Waals surface area contributed by atoms with E-state index in [4.69, 9.17) is 4.74 Å². The number of hydrogen-bond donors (Lipinski definition) is 3. The van der Waals surface area contributed by atoms with Crippen LogP contribution in [0.25, 0.3) is 0 Å². The van der Waals surface area contributed by atoms with Gasteiger partial charge >= 0.3 is 5.97 Å². The number of allylic oxidation sites excluding steroid dienone is 5. The van der Waals surface area contributed by atoms with Crippen LogP contribution in [0.15, 0.2) is 36.5 Å². The van der Waals surface area contributed by atoms with E-state index in [1.165, 1.54) is 238 Å². The summed E-state index contributed by atoms with van der Waals surface area (Å²) in [5.74, 6) is -0.0722. The third-order valence-corrected chi connectivity index (χ3v) is 13.6. The molecule has 3 N–H and O–H groups in total. The quantitative estimate of drug-likeness (QED) is 0.0321. The van der Waals surface area contributed by atoms with Gasteiger partial charge in [0.15, 0.2) is 0 Å². The first-order valence-electron chi connectivity index (χ1n) is 29.8. The van der Waals surface area contributed by atoms with E-state index >= 15 is 0 Å². The molecule has 394 valence electrons. The summed E-state index contributed by atoms with van der Waals surface area (Å²) in [6, 6.07) is -0.631. The van der Waals surface area contributed by atoms with Crippen molar-refractivity contribution in [3.05, 3.63) is 36.5 Å². The van der Waals surface area contributed by atoms with E-state index in [0.29, 0.717) is 19.4 Å². The van der Waals surface area contributed by atoms with Gasteiger partial charge in [-0.2, -0.15) is 0 Å². The Morgan fingerprint density at radius 1 is 0.403 bits per heavy atom. The lowest BCUT2D eigenvalue weighted by Gasteiger charge is -2.20. The van der Waals surface area contributed by atoms with Gasteiger partial charge in [0.05, 0.1) is 25.4 Å². The van der Waals surface area contributed by atoms with Crippen LogP contribution in [0.3, 0.4) is 0 Å². The first-order valence-corrected chi connectivity index (χ1v) is 29.8. The van der Waals surface area contributed by atoms with Gasteiger partial charge in [-0.3, -0.25) is 9.59 Å². The van der Waals surface area contributed by atoms with Gasteiger partial charge in [0.2, 0.25) is 5.91 Å². The predicted octanol–water partition coefficient (Wildman–Crippen LogP) is 18.4. The molecule has 0 aliphatic heterocycles. The van der Waals surface area contributed by atoms with Crippen molar-refractivity contribution in [2.75, 3.05) is 13.2 Å². The highest BCUT2D eigenvalue weighted by molar-refractivity contribution is 5.76. The summed E-state index contributed by atoms with van der Waals surface area (Å²) in [6.45, 7) is 4.89. The summed E-state index contributed by atoms with van der Waals surface area (Å²) in [7, 11) is 0. The van der Waals surface area contributed by atoms with Crippen molar-refractivity contribution >= 4 is 11.9 Å². The maximum atomic E-state index is 12.4. The molecule has 2 atom stereocenters. The van der Waals surface area contributed by atoms with E-state index in [9.17, 15) is 19.8 Å². The normalized spacial score (nSPS) is 12.8. The number of carbonyl (C=O) groups is 2. The zero-order valence-electron chi connectivity index (χ0n) is 44.9. The average Bonchev–Trinajstić information content (AvgIpc) is 3.33. The number of amides is 1. The van der Waals surface area contributed by atoms with E-state index in [1.54, 1.807) is 6.08 Å². The minimum Gasteiger partial charge on any atom is -0.466 e. The Hall–Kier alpha value is -1.92. The number of aliphatic hydroxyl groups is 2. The molecule has 0 aromatic heterocycles. The zero-order valence-corrected chi connectivity index (χ0v) is 44.9. The molecule has 6 heteroatoms. The molecule has 0 aliphatic rings. The molecule has 0 radical (unpaired) electrons. The maximum Gasteiger partial charge on any atom is 0.305 e. The number of nitrogens with one attached hydrogen (secondary N) is 1. The lowest BCUT2D eigenvalue weighted by Crippen LogP contribution is -2.45. The molecule has 6 nitrogen and oxygen atoms in total. The molecule has 0 saturated heterocycles. The van der Waals surface area contributed by atoms with E-state index < -0.39 is 12.1 Å². The SMILES string of the molecule is CCCCCCCC/C=C\CCCCCCCC(=O)OCCCCCCCCCCCCCC/C=C\CCCCCCCCCC(=O)NC(CO)C(O)/C=C/CCCCCCCCCCCC. The van der Waals surface area contributed by atoms with Crippen LogP contribution in [-0.4, -0.2) is 47.4 Å². The fourth-order valence-corrected chi connectivity index (χ4v) is 9.03. The van der Waals surface area contributed by atoms with Gasteiger partial charge in [-0.05, 0) is 83.5 Å². The van der Waals surface area contributed by atoms with Crippen molar-refractivity contribution in [3.8, 4) is 0 Å². The van der Waals surface area contributed by atoms with Crippen LogP contribution in [0.1, 0.15) is 316 Å². The van der Waals surface area contributed by atoms with Crippen LogP contribution < -0.4 is 5.32 Å². The van der Waals surface area contributed by atoms with Crippen molar-refractivity contribution in [2.24, 2.45) is 0 Å². The number of unbranched alkanes of at least 4 members (excludes halogenated alkanes) is 40. The predicted molar refractivity (Wildman–Crippen MR) is 292 cm³/mol. The summed E-state index contributed by atoms with van der Waals surface area (Å²) in [5.41, 5.74) is 0. The van der Waals surface area contributed by atoms with E-state index in [2.05, 4.69) is 43.5 Å². The topological polar surface area (TPSA) is 95.9 Å². The fraction of sp³-hybridized carbons (Fsp3) is 0.869. The van der Waals surface area contributed by atoms with Crippen LogP contribution in [0.2, 0.25) is 0 Å². The third kappa shape index (κ3) is 53.3. The van der Waals surface area contributed by atoms with Crippen LogP contribution in [-0.2, 0) is 14.3 Å². The summed E-state index contributed by atoms with van der Waals surface area (Å²) < 4.78 is 5.48. The molecule has 0 aliphatic carbocycles. The molecule has 0 saturated carbocycles. The van der Waals surface area contributed by atoms with Gasteiger partial charge in [-0.25, -0.2) is 0 Å². The van der Waals surface area contributed by atoms with Gasteiger partial charge in [-0.1, -0.05) is 256 Å². The molecule has 0 aromatic rings. The van der Waals surface area contributed by atoms with Crippen molar-refractivity contribution in [1.82, 2.24) is 5.32 Å². The van der Waals surface area contributed by atoms with E-state index in [0.717, 1.165) is 51.4 Å². The number of aliphatic hydroxyl groups excluding tert-OH is 2. The number of ether oxygens (including phenoxy) is 1. The Balaban J connectivity index is 3.42. The average molecular weight is 943 g/mol. The molecule has 0 heterocycles. The summed E-state index contributed by atoms with van der Waals surface area (Å²) in [6.07, 6.45) is 70.3. The molecule has 1 amide bonds. The first-order chi connectivity index (χ1) is 33.0. The Morgan fingerprint density at radius 2 is 0.701 bits per heavy atom. The van der Waals surface area contributed by atoms with Crippen molar-refractivity contribution in [3.63, 3.8) is 0 Å². The lowest BCUT2D eigenvalue weighted by molar-refractivity contribution is -0.143. The monoisotopic (exact) mass is 942 g/mol. The van der Waals surface area contributed by atoms with Crippen molar-refractivity contribution in [2.45, 2.75) is 328 Å². The van der Waals surface area contributed by atoms with Gasteiger partial charge in [0, 0.05) is 12.8 Å². The van der Waals surface area contributed by atoms with Crippen LogP contribution in [0, 0.1) is 0 Å². The van der Waals surface area contributed by atoms with Crippen LogP contribution in [0.4, 0.5) is 0 Å². The molecule has 0 rings (SSSR count). The lowest BCUT2D eigenvalue weighted by atomic mass is 10.0. The molecule has 67 heavy (non-hydrogen) atoms. The van der Waals surface area contributed by atoms with Crippen molar-refractivity contribution in [1.29, 1.82) is 0 Å². The van der Waals surface area contributed by atoms with Crippen LogP contribution in [0.5, 0.6) is 0 Å².